The summed E-state index contributed by atoms with van der Waals surface area (Å²) in [5.41, 5.74) is 1.89. The molecule has 1 aliphatic heterocycles. The molecule has 3 rings (SSSR count). The smallest absolute Gasteiger partial charge is 0.165 e. The van der Waals surface area contributed by atoms with Gasteiger partial charge in [-0.25, -0.2) is 0 Å². The number of hydrogen-bond donors (Lipinski definition) is 0. The average molecular weight is 288 g/mol. The van der Waals surface area contributed by atoms with Crippen molar-refractivity contribution in [2.45, 2.75) is 52.1 Å². The van der Waals surface area contributed by atoms with Crippen molar-refractivity contribution in [1.82, 2.24) is 0 Å². The summed E-state index contributed by atoms with van der Waals surface area (Å²) in [4.78, 5) is 11.1. The third-order valence-electron chi connectivity index (χ3n) is 5.44. The van der Waals surface area contributed by atoms with Crippen molar-refractivity contribution in [1.29, 1.82) is 0 Å². The molecule has 0 saturated heterocycles. The van der Waals surface area contributed by atoms with Gasteiger partial charge in [0.1, 0.15) is 11.9 Å². The van der Waals surface area contributed by atoms with Crippen molar-refractivity contribution in [3.63, 3.8) is 0 Å². The van der Waals surface area contributed by atoms with E-state index in [0.717, 1.165) is 30.4 Å². The fourth-order valence-corrected chi connectivity index (χ4v) is 4.31. The molecule has 1 aromatic carbocycles. The first-order valence-corrected chi connectivity index (χ1v) is 7.75. The highest BCUT2D eigenvalue weighted by Crippen LogP contribution is 2.54. The number of ether oxygens (including phenoxy) is 2. The first kappa shape index (κ1) is 14.4. The van der Waals surface area contributed by atoms with Gasteiger partial charge in [-0.2, -0.15) is 0 Å². The summed E-state index contributed by atoms with van der Waals surface area (Å²) in [5.74, 6) is 1.98. The molecule has 2 aliphatic rings. The Balaban J connectivity index is 2.10. The molecule has 0 radical (unpaired) electrons. The minimum atomic E-state index is -0.134. The number of carbonyl (C=O) groups is 1. The van der Waals surface area contributed by atoms with Crippen LogP contribution in [-0.4, -0.2) is 19.0 Å². The van der Waals surface area contributed by atoms with Gasteiger partial charge in [0.05, 0.1) is 7.11 Å². The maximum atomic E-state index is 11.1. The quantitative estimate of drug-likeness (QED) is 0.771. The number of methoxy groups -OCH3 is 1. The first-order chi connectivity index (χ1) is 9.89. The molecular formula is C18H24O3. The monoisotopic (exact) mass is 288 g/mol. The average Bonchev–Trinajstić information content (AvgIpc) is 2.44. The lowest BCUT2D eigenvalue weighted by Crippen LogP contribution is -2.54. The molecule has 21 heavy (non-hydrogen) atoms. The Bertz CT molecular complexity index is 576. The maximum Gasteiger partial charge on any atom is 0.165 e. The minimum Gasteiger partial charge on any atom is -0.493 e. The molecule has 2 atom stereocenters. The Labute approximate surface area is 126 Å². The summed E-state index contributed by atoms with van der Waals surface area (Å²) in [6.45, 7) is 6.91. The summed E-state index contributed by atoms with van der Waals surface area (Å²) in [6, 6.07) is 3.72. The Morgan fingerprint density at radius 1 is 1.29 bits per heavy atom. The predicted octanol–water partition coefficient (Wildman–Crippen LogP) is 4.03. The van der Waals surface area contributed by atoms with Crippen molar-refractivity contribution in [3.8, 4) is 11.5 Å². The van der Waals surface area contributed by atoms with Gasteiger partial charge in [0.2, 0.25) is 0 Å². The largest absolute Gasteiger partial charge is 0.493 e. The van der Waals surface area contributed by atoms with Crippen molar-refractivity contribution >= 4 is 6.29 Å². The zero-order valence-corrected chi connectivity index (χ0v) is 13.4. The van der Waals surface area contributed by atoms with Crippen LogP contribution in [0.3, 0.4) is 0 Å². The van der Waals surface area contributed by atoms with Gasteiger partial charge in [-0.3, -0.25) is 4.79 Å². The van der Waals surface area contributed by atoms with Crippen LogP contribution in [0.2, 0.25) is 0 Å². The van der Waals surface area contributed by atoms with Gasteiger partial charge in [-0.1, -0.05) is 13.8 Å². The third-order valence-corrected chi connectivity index (χ3v) is 5.44. The van der Waals surface area contributed by atoms with E-state index in [4.69, 9.17) is 9.47 Å². The molecule has 3 heteroatoms. The zero-order valence-electron chi connectivity index (χ0n) is 13.4. The van der Waals surface area contributed by atoms with Crippen LogP contribution in [-0.2, 0) is 6.42 Å². The molecule has 0 amide bonds. The predicted molar refractivity (Wildman–Crippen MR) is 82.2 cm³/mol. The number of hydrogen-bond acceptors (Lipinski definition) is 3. The Morgan fingerprint density at radius 2 is 2.05 bits per heavy atom. The van der Waals surface area contributed by atoms with Crippen LogP contribution in [0.25, 0.3) is 0 Å². The number of fused-ring (bicyclic) bond motifs is 2. The van der Waals surface area contributed by atoms with Gasteiger partial charge in [-0.05, 0) is 55.7 Å². The van der Waals surface area contributed by atoms with Gasteiger partial charge in [-0.15, -0.1) is 0 Å². The summed E-state index contributed by atoms with van der Waals surface area (Å²) < 4.78 is 11.9. The Hall–Kier alpha value is -1.51. The highest BCUT2D eigenvalue weighted by molar-refractivity contribution is 5.77. The second-order valence-electron chi connectivity index (χ2n) is 7.34. The van der Waals surface area contributed by atoms with E-state index in [-0.39, 0.29) is 11.0 Å². The van der Waals surface area contributed by atoms with Crippen LogP contribution in [0.15, 0.2) is 12.1 Å². The minimum absolute atomic E-state index is 0.134. The van der Waals surface area contributed by atoms with Crippen molar-refractivity contribution < 1.29 is 14.3 Å². The lowest BCUT2D eigenvalue weighted by Gasteiger charge is -2.53. The van der Waals surface area contributed by atoms with E-state index in [1.54, 1.807) is 13.2 Å². The highest BCUT2D eigenvalue weighted by atomic mass is 16.5. The van der Waals surface area contributed by atoms with Crippen molar-refractivity contribution in [2.24, 2.45) is 11.3 Å². The Kier molecular flexibility index (Phi) is 3.27. The second-order valence-corrected chi connectivity index (χ2v) is 7.34. The van der Waals surface area contributed by atoms with E-state index in [2.05, 4.69) is 20.8 Å². The molecule has 1 aromatic rings. The highest BCUT2D eigenvalue weighted by Gasteiger charge is 2.51. The van der Waals surface area contributed by atoms with Crippen LogP contribution in [0.1, 0.15) is 56.0 Å². The molecule has 0 spiro atoms. The molecule has 1 unspecified atom stereocenters. The molecule has 0 bridgehead atoms. The van der Waals surface area contributed by atoms with Gasteiger partial charge >= 0.3 is 0 Å². The molecule has 1 aliphatic carbocycles. The van der Waals surface area contributed by atoms with E-state index >= 15 is 0 Å². The van der Waals surface area contributed by atoms with Gasteiger partial charge in [0.15, 0.2) is 11.5 Å². The van der Waals surface area contributed by atoms with Crippen LogP contribution in [0.5, 0.6) is 11.5 Å². The molecule has 0 aromatic heterocycles. The fraction of sp³-hybridized carbons (Fsp3) is 0.611. The maximum absolute atomic E-state index is 11.1. The fourth-order valence-electron chi connectivity index (χ4n) is 4.31. The Morgan fingerprint density at radius 3 is 2.71 bits per heavy atom. The summed E-state index contributed by atoms with van der Waals surface area (Å²) in [7, 11) is 1.63. The SMILES string of the molecule is COc1cc(C=O)cc2c1O[C@]1(C)CCCC(C)(C)C1C2. The standard InChI is InChI=1S/C18H24O3/c1-17(2)6-5-7-18(3)15(17)10-13-8-12(11-19)9-14(20-4)16(13)21-18/h8-9,11,15H,5-7,10H2,1-4H3/t15?,18-/m1/s1. The number of rotatable bonds is 2. The van der Waals surface area contributed by atoms with E-state index in [1.807, 2.05) is 6.07 Å². The van der Waals surface area contributed by atoms with Gasteiger partial charge in [0.25, 0.3) is 0 Å². The van der Waals surface area contributed by atoms with E-state index in [9.17, 15) is 4.79 Å². The third kappa shape index (κ3) is 2.23. The molecule has 0 N–H and O–H groups in total. The van der Waals surface area contributed by atoms with Gasteiger partial charge in [0, 0.05) is 11.5 Å². The molecular weight excluding hydrogens is 264 g/mol. The number of aldehydes is 1. The zero-order chi connectivity index (χ0) is 15.3. The van der Waals surface area contributed by atoms with E-state index < -0.39 is 0 Å². The number of carbonyl (C=O) groups excluding carboxylic acids is 1. The van der Waals surface area contributed by atoms with Crippen LogP contribution < -0.4 is 9.47 Å². The van der Waals surface area contributed by atoms with Crippen LogP contribution in [0, 0.1) is 11.3 Å². The normalized spacial score (nSPS) is 29.8. The van der Waals surface area contributed by atoms with Crippen LogP contribution >= 0.6 is 0 Å². The molecule has 1 heterocycles. The molecule has 3 nitrogen and oxygen atoms in total. The van der Waals surface area contributed by atoms with Crippen LogP contribution in [0.4, 0.5) is 0 Å². The topological polar surface area (TPSA) is 35.5 Å². The summed E-state index contributed by atoms with van der Waals surface area (Å²) in [5, 5.41) is 0. The lowest BCUT2D eigenvalue weighted by molar-refractivity contribution is -0.0827. The second kappa shape index (κ2) is 4.75. The molecule has 114 valence electrons. The summed E-state index contributed by atoms with van der Waals surface area (Å²) >= 11 is 0. The first-order valence-electron chi connectivity index (χ1n) is 7.75. The lowest BCUT2D eigenvalue weighted by atomic mass is 9.59. The van der Waals surface area contributed by atoms with Crippen molar-refractivity contribution in [3.05, 3.63) is 23.3 Å². The summed E-state index contributed by atoms with van der Waals surface area (Å²) in [6.07, 6.45) is 5.35. The number of benzene rings is 1. The molecule has 1 saturated carbocycles. The van der Waals surface area contributed by atoms with Gasteiger partial charge < -0.3 is 9.47 Å². The van der Waals surface area contributed by atoms with E-state index in [1.165, 1.54) is 12.8 Å². The van der Waals surface area contributed by atoms with E-state index in [0.29, 0.717) is 17.2 Å². The van der Waals surface area contributed by atoms with Crippen molar-refractivity contribution in [2.75, 3.05) is 7.11 Å². The molecule has 1 fully saturated rings.